The molecule has 1 nitrogen and oxygen atoms in total. The van der Waals surface area contributed by atoms with Crippen molar-refractivity contribution in [2.24, 2.45) is 0 Å². The first-order chi connectivity index (χ1) is 7.52. The van der Waals surface area contributed by atoms with Crippen molar-refractivity contribution >= 4 is 10.8 Å². The first-order valence-electron chi connectivity index (χ1n) is 6.92. The van der Waals surface area contributed by atoms with Gasteiger partial charge >= 0.3 is 17.1 Å². The predicted molar refractivity (Wildman–Crippen MR) is 86.1 cm³/mol. The van der Waals surface area contributed by atoms with E-state index >= 15 is 0 Å². The van der Waals surface area contributed by atoms with Crippen molar-refractivity contribution in [3.8, 4) is 0 Å². The van der Waals surface area contributed by atoms with Crippen LogP contribution in [0, 0.1) is 14.9 Å². The van der Waals surface area contributed by atoms with Gasteiger partial charge in [-0.2, -0.15) is 0 Å². The van der Waals surface area contributed by atoms with Crippen molar-refractivity contribution < 1.29 is 21.3 Å². The SMILES string of the molecule is C1CCCC1.CC(C)(C)[S@](=O)C1CCCC1.[CH3-].[CH3-].[Fe+2]. The third-order valence-corrected chi connectivity index (χ3v) is 5.74. The summed E-state index contributed by atoms with van der Waals surface area (Å²) in [4.78, 5) is 0. The summed E-state index contributed by atoms with van der Waals surface area (Å²) in [6.45, 7) is 6.21. The molecule has 19 heavy (non-hydrogen) atoms. The van der Waals surface area contributed by atoms with Gasteiger partial charge in [-0.05, 0) is 33.6 Å². The van der Waals surface area contributed by atoms with Crippen LogP contribution in [0.2, 0.25) is 0 Å². The summed E-state index contributed by atoms with van der Waals surface area (Å²) in [6, 6.07) is 0. The third kappa shape index (κ3) is 10.1. The molecule has 2 saturated carbocycles. The van der Waals surface area contributed by atoms with E-state index in [2.05, 4.69) is 20.8 Å². The van der Waals surface area contributed by atoms with Crippen LogP contribution in [0.15, 0.2) is 0 Å². The molecule has 0 saturated heterocycles. The molecular weight excluding hydrogens is 296 g/mol. The maximum Gasteiger partial charge on any atom is 2.00 e. The molecule has 0 aromatic carbocycles. The second-order valence-electron chi connectivity index (χ2n) is 6.08. The normalized spacial score (nSPS) is 20.2. The Morgan fingerprint density at radius 3 is 1.37 bits per heavy atom. The van der Waals surface area contributed by atoms with Crippen LogP contribution in [0.1, 0.15) is 78.6 Å². The fourth-order valence-electron chi connectivity index (χ4n) is 2.49. The molecule has 0 heterocycles. The van der Waals surface area contributed by atoms with E-state index < -0.39 is 10.8 Å². The molecule has 2 fully saturated rings. The van der Waals surface area contributed by atoms with Crippen molar-refractivity contribution in [1.29, 1.82) is 0 Å². The van der Waals surface area contributed by atoms with Crippen molar-refractivity contribution in [3.63, 3.8) is 0 Å². The van der Waals surface area contributed by atoms with Crippen LogP contribution in [-0.4, -0.2) is 14.2 Å². The Morgan fingerprint density at radius 2 is 1.11 bits per heavy atom. The van der Waals surface area contributed by atoms with Gasteiger partial charge in [-0.1, -0.05) is 44.9 Å². The van der Waals surface area contributed by atoms with E-state index in [9.17, 15) is 4.21 Å². The molecule has 0 radical (unpaired) electrons. The Hall–Kier alpha value is 0.669. The summed E-state index contributed by atoms with van der Waals surface area (Å²) in [5.74, 6) is 0. The molecule has 0 unspecified atom stereocenters. The molecule has 0 bridgehead atoms. The Kier molecular flexibility index (Phi) is 16.1. The molecule has 0 aromatic rings. The second kappa shape index (κ2) is 12.4. The molecule has 2 rings (SSSR count). The minimum absolute atomic E-state index is 0. The fourth-order valence-corrected chi connectivity index (χ4v) is 4.25. The summed E-state index contributed by atoms with van der Waals surface area (Å²) >= 11 is 0. The van der Waals surface area contributed by atoms with Gasteiger partial charge in [0.25, 0.3) is 0 Å². The molecule has 0 N–H and O–H groups in total. The van der Waals surface area contributed by atoms with E-state index in [4.69, 9.17) is 0 Å². The smallest absolute Gasteiger partial charge is 0.358 e. The Balaban J connectivity index is -0.000000277. The van der Waals surface area contributed by atoms with Gasteiger partial charge in [-0.3, -0.25) is 4.21 Å². The summed E-state index contributed by atoms with van der Waals surface area (Å²) in [6.07, 6.45) is 12.4. The van der Waals surface area contributed by atoms with Gasteiger partial charge in [0.15, 0.2) is 0 Å². The van der Waals surface area contributed by atoms with E-state index in [0.717, 1.165) is 0 Å². The summed E-state index contributed by atoms with van der Waals surface area (Å²) in [5, 5.41) is 0.495. The Bertz CT molecular complexity index is 206. The van der Waals surface area contributed by atoms with Crippen molar-refractivity contribution in [2.75, 3.05) is 0 Å². The zero-order valence-electron chi connectivity index (χ0n) is 13.6. The molecule has 0 aliphatic heterocycles. The molecule has 3 heteroatoms. The van der Waals surface area contributed by atoms with Crippen molar-refractivity contribution in [2.45, 2.75) is 88.6 Å². The summed E-state index contributed by atoms with van der Waals surface area (Å²) < 4.78 is 11.8. The minimum Gasteiger partial charge on any atom is -0.358 e. The molecule has 2 aliphatic carbocycles. The van der Waals surface area contributed by atoms with Gasteiger partial charge < -0.3 is 14.9 Å². The zero-order valence-corrected chi connectivity index (χ0v) is 15.5. The van der Waals surface area contributed by atoms with Crippen LogP contribution < -0.4 is 0 Å². The number of hydrogen-bond donors (Lipinski definition) is 0. The maximum absolute atomic E-state index is 11.8. The first-order valence-corrected chi connectivity index (χ1v) is 8.14. The maximum atomic E-state index is 11.8. The van der Waals surface area contributed by atoms with Crippen molar-refractivity contribution in [3.05, 3.63) is 14.9 Å². The number of rotatable bonds is 1. The molecule has 0 amide bonds. The van der Waals surface area contributed by atoms with E-state index in [-0.39, 0.29) is 36.7 Å². The number of hydrogen-bond acceptors (Lipinski definition) is 1. The summed E-state index contributed by atoms with van der Waals surface area (Å²) in [5.41, 5.74) is 0. The molecule has 1 atom stereocenters. The fraction of sp³-hybridized carbons (Fsp3) is 0.875. The van der Waals surface area contributed by atoms with Crippen LogP contribution in [0.4, 0.5) is 0 Å². The van der Waals surface area contributed by atoms with Gasteiger partial charge in [0.2, 0.25) is 0 Å². The van der Waals surface area contributed by atoms with Gasteiger partial charge in [0, 0.05) is 20.8 Å². The Morgan fingerprint density at radius 1 is 0.789 bits per heavy atom. The summed E-state index contributed by atoms with van der Waals surface area (Å²) in [7, 11) is -0.613. The molecule has 2 aliphatic rings. The average Bonchev–Trinajstić information content (AvgIpc) is 2.91. The molecule has 118 valence electrons. The average molecular weight is 330 g/mol. The Labute approximate surface area is 135 Å². The van der Waals surface area contributed by atoms with Crippen LogP contribution in [0.5, 0.6) is 0 Å². The largest absolute Gasteiger partial charge is 2.00 e. The molecular formula is C16H34FeOS. The standard InChI is InChI=1S/C9H18OS.C5H10.2CH3.Fe/c1-9(2,3)11(10)8-6-4-5-7-8;1-2-4-5-3-1;;;/h8H,4-7H2,1-3H3;1-5H2;2*1H3;/q;;2*-1;+2/t11-;;;;/m1..../s1. The van der Waals surface area contributed by atoms with Gasteiger partial charge in [-0.25, -0.2) is 0 Å². The van der Waals surface area contributed by atoms with E-state index in [1.165, 1.54) is 57.8 Å². The van der Waals surface area contributed by atoms with Crippen LogP contribution in [0.25, 0.3) is 0 Å². The van der Waals surface area contributed by atoms with Crippen LogP contribution >= 0.6 is 0 Å². The van der Waals surface area contributed by atoms with Gasteiger partial charge in [0.05, 0.1) is 0 Å². The molecule has 0 aromatic heterocycles. The van der Waals surface area contributed by atoms with Gasteiger partial charge in [0.1, 0.15) is 0 Å². The molecule has 0 spiro atoms. The monoisotopic (exact) mass is 330 g/mol. The second-order valence-corrected chi connectivity index (χ2v) is 8.57. The van der Waals surface area contributed by atoms with E-state index in [1.807, 2.05) is 0 Å². The zero-order chi connectivity index (χ0) is 12.0. The van der Waals surface area contributed by atoms with Crippen LogP contribution in [0.3, 0.4) is 0 Å². The van der Waals surface area contributed by atoms with E-state index in [0.29, 0.717) is 5.25 Å². The minimum atomic E-state index is -0.613. The third-order valence-electron chi connectivity index (χ3n) is 3.46. The van der Waals surface area contributed by atoms with Gasteiger partial charge in [-0.15, -0.1) is 0 Å². The quantitative estimate of drug-likeness (QED) is 0.469. The van der Waals surface area contributed by atoms with E-state index in [1.54, 1.807) is 0 Å². The van der Waals surface area contributed by atoms with Crippen LogP contribution in [-0.2, 0) is 27.9 Å². The van der Waals surface area contributed by atoms with Crippen molar-refractivity contribution in [1.82, 2.24) is 0 Å². The topological polar surface area (TPSA) is 17.1 Å². The first kappa shape index (κ1) is 24.7. The predicted octanol–water partition coefficient (Wildman–Crippen LogP) is 5.32.